The van der Waals surface area contributed by atoms with Crippen molar-refractivity contribution in [2.45, 2.75) is 44.2 Å². The molecule has 0 saturated heterocycles. The summed E-state index contributed by atoms with van der Waals surface area (Å²) in [6.07, 6.45) is 0.0664. The summed E-state index contributed by atoms with van der Waals surface area (Å²) >= 11 is 1.64. The van der Waals surface area contributed by atoms with Crippen molar-refractivity contribution < 1.29 is 9.90 Å². The molecule has 0 spiro atoms. The van der Waals surface area contributed by atoms with Gasteiger partial charge in [0.25, 0.3) is 0 Å². The normalized spacial score (nSPS) is 12.5. The Labute approximate surface area is 113 Å². The molecule has 1 aromatic rings. The zero-order chi connectivity index (χ0) is 13.5. The molecular formula is C14H21NO2S. The minimum atomic E-state index is -0.449. The summed E-state index contributed by atoms with van der Waals surface area (Å²) in [6, 6.07) is 7.99. The number of nitrogens with one attached hydrogen (secondary N) is 1. The first-order valence-electron chi connectivity index (χ1n) is 6.19. The maximum absolute atomic E-state index is 11.5. The Morgan fingerprint density at radius 2 is 2.11 bits per heavy atom. The number of hydrogen-bond donors (Lipinski definition) is 2. The minimum Gasteiger partial charge on any atom is -0.389 e. The summed E-state index contributed by atoms with van der Waals surface area (Å²) in [5, 5.41) is 12.4. The monoisotopic (exact) mass is 267 g/mol. The predicted molar refractivity (Wildman–Crippen MR) is 75.7 cm³/mol. The Bertz CT molecular complexity index is 391. The molecule has 1 rings (SSSR count). The smallest absolute Gasteiger partial charge is 0.221 e. The van der Waals surface area contributed by atoms with Crippen molar-refractivity contribution >= 4 is 17.7 Å². The molecule has 4 heteroatoms. The molecule has 1 unspecified atom stereocenters. The first-order chi connectivity index (χ1) is 8.49. The van der Waals surface area contributed by atoms with Gasteiger partial charge in [0.15, 0.2) is 0 Å². The van der Waals surface area contributed by atoms with Gasteiger partial charge in [-0.05, 0) is 38.5 Å². The van der Waals surface area contributed by atoms with E-state index in [2.05, 4.69) is 5.32 Å². The van der Waals surface area contributed by atoms with E-state index in [1.807, 2.05) is 38.1 Å². The third-order valence-corrected chi connectivity index (χ3v) is 3.38. The van der Waals surface area contributed by atoms with Crippen LogP contribution < -0.4 is 5.32 Å². The quantitative estimate of drug-likeness (QED) is 0.779. The van der Waals surface area contributed by atoms with Crippen LogP contribution in [0.1, 0.15) is 38.9 Å². The van der Waals surface area contributed by atoms with Crippen LogP contribution in [0.4, 0.5) is 0 Å². The highest BCUT2D eigenvalue weighted by Crippen LogP contribution is 2.22. The lowest BCUT2D eigenvalue weighted by Crippen LogP contribution is -2.30. The number of benzene rings is 1. The van der Waals surface area contributed by atoms with Gasteiger partial charge in [0, 0.05) is 23.1 Å². The third kappa shape index (κ3) is 5.56. The zero-order valence-electron chi connectivity index (χ0n) is 11.1. The number of rotatable bonds is 6. The average molecular weight is 267 g/mol. The first kappa shape index (κ1) is 15.1. The number of thioether (sulfide) groups is 1. The average Bonchev–Trinajstić information content (AvgIpc) is 2.28. The van der Waals surface area contributed by atoms with Crippen LogP contribution in [0, 0.1) is 0 Å². The summed E-state index contributed by atoms with van der Waals surface area (Å²) in [4.78, 5) is 12.5. The molecule has 1 atom stereocenters. The van der Waals surface area contributed by atoms with Crippen LogP contribution >= 0.6 is 11.8 Å². The van der Waals surface area contributed by atoms with Crippen LogP contribution in [0.2, 0.25) is 0 Å². The second kappa shape index (κ2) is 7.44. The number of hydrogen-bond acceptors (Lipinski definition) is 3. The van der Waals surface area contributed by atoms with Crippen LogP contribution in [0.5, 0.6) is 0 Å². The molecule has 0 aliphatic heterocycles. The van der Waals surface area contributed by atoms with Gasteiger partial charge in [-0.2, -0.15) is 0 Å². The number of aliphatic hydroxyl groups excluding tert-OH is 1. The van der Waals surface area contributed by atoms with Crippen molar-refractivity contribution in [2.75, 3.05) is 5.75 Å². The molecule has 0 fully saturated rings. The van der Waals surface area contributed by atoms with E-state index in [0.717, 1.165) is 16.2 Å². The van der Waals surface area contributed by atoms with Crippen LogP contribution in [-0.2, 0) is 4.79 Å². The molecule has 2 N–H and O–H groups in total. The van der Waals surface area contributed by atoms with Crippen LogP contribution in [0.3, 0.4) is 0 Å². The van der Waals surface area contributed by atoms with Crippen molar-refractivity contribution in [3.8, 4) is 0 Å². The molecule has 18 heavy (non-hydrogen) atoms. The molecule has 0 heterocycles. The van der Waals surface area contributed by atoms with Gasteiger partial charge in [-0.1, -0.05) is 12.1 Å². The van der Waals surface area contributed by atoms with Gasteiger partial charge in [-0.15, -0.1) is 11.8 Å². The summed E-state index contributed by atoms with van der Waals surface area (Å²) in [7, 11) is 0. The lowest BCUT2D eigenvalue weighted by Gasteiger charge is -2.09. The highest BCUT2D eigenvalue weighted by molar-refractivity contribution is 7.99. The minimum absolute atomic E-state index is 0.0872. The molecule has 0 aromatic heterocycles. The van der Waals surface area contributed by atoms with Crippen molar-refractivity contribution in [3.63, 3.8) is 0 Å². The van der Waals surface area contributed by atoms with Gasteiger partial charge < -0.3 is 10.4 Å². The van der Waals surface area contributed by atoms with Crippen molar-refractivity contribution in [1.82, 2.24) is 5.32 Å². The standard InChI is InChI=1S/C14H21NO2S/c1-10(2)15-14(17)7-8-18-13-6-4-5-12(9-13)11(3)16/h4-6,9-11,16H,7-8H2,1-3H3,(H,15,17). The Morgan fingerprint density at radius 3 is 2.72 bits per heavy atom. The summed E-state index contributed by atoms with van der Waals surface area (Å²) < 4.78 is 0. The number of carbonyl (C=O) groups is 1. The van der Waals surface area contributed by atoms with Gasteiger partial charge in [0.05, 0.1) is 6.10 Å². The lowest BCUT2D eigenvalue weighted by molar-refractivity contribution is -0.121. The van der Waals surface area contributed by atoms with Crippen molar-refractivity contribution in [3.05, 3.63) is 29.8 Å². The molecule has 100 valence electrons. The zero-order valence-corrected chi connectivity index (χ0v) is 12.0. The van der Waals surface area contributed by atoms with Crippen molar-refractivity contribution in [1.29, 1.82) is 0 Å². The Morgan fingerprint density at radius 1 is 1.39 bits per heavy atom. The molecule has 0 radical (unpaired) electrons. The largest absolute Gasteiger partial charge is 0.389 e. The molecule has 1 amide bonds. The highest BCUT2D eigenvalue weighted by Gasteiger charge is 2.05. The lowest BCUT2D eigenvalue weighted by atomic mass is 10.1. The SMILES string of the molecule is CC(C)NC(=O)CCSc1cccc(C(C)O)c1. The topological polar surface area (TPSA) is 49.3 Å². The summed E-state index contributed by atoms with van der Waals surface area (Å²) in [5.41, 5.74) is 0.909. The predicted octanol–water partition coefficient (Wildman–Crippen LogP) is 2.75. The number of amides is 1. The van der Waals surface area contributed by atoms with E-state index in [1.165, 1.54) is 0 Å². The van der Waals surface area contributed by atoms with E-state index in [0.29, 0.717) is 6.42 Å². The van der Waals surface area contributed by atoms with Crippen LogP contribution in [0.15, 0.2) is 29.2 Å². The van der Waals surface area contributed by atoms with Crippen LogP contribution in [-0.4, -0.2) is 22.8 Å². The van der Waals surface area contributed by atoms with Crippen molar-refractivity contribution in [2.24, 2.45) is 0 Å². The molecule has 0 aliphatic rings. The molecule has 1 aromatic carbocycles. The second-order valence-electron chi connectivity index (χ2n) is 4.57. The van der Waals surface area contributed by atoms with Gasteiger partial charge in [0.1, 0.15) is 0 Å². The van der Waals surface area contributed by atoms with Crippen LogP contribution in [0.25, 0.3) is 0 Å². The Balaban J connectivity index is 2.39. The fourth-order valence-electron chi connectivity index (χ4n) is 1.52. The fourth-order valence-corrected chi connectivity index (χ4v) is 2.44. The first-order valence-corrected chi connectivity index (χ1v) is 7.18. The van der Waals surface area contributed by atoms with Gasteiger partial charge in [0.2, 0.25) is 5.91 Å². The van der Waals surface area contributed by atoms with Gasteiger partial charge in [-0.3, -0.25) is 4.79 Å². The van der Waals surface area contributed by atoms with Gasteiger partial charge in [-0.25, -0.2) is 0 Å². The Kier molecular flexibility index (Phi) is 6.22. The third-order valence-electron chi connectivity index (χ3n) is 2.39. The van der Waals surface area contributed by atoms with E-state index < -0.39 is 6.10 Å². The molecule has 0 saturated carbocycles. The molecule has 0 bridgehead atoms. The summed E-state index contributed by atoms with van der Waals surface area (Å²) in [5.74, 6) is 0.839. The molecule has 3 nitrogen and oxygen atoms in total. The second-order valence-corrected chi connectivity index (χ2v) is 5.74. The maximum atomic E-state index is 11.5. The maximum Gasteiger partial charge on any atom is 0.221 e. The number of carbonyl (C=O) groups excluding carboxylic acids is 1. The van der Waals surface area contributed by atoms with E-state index in [-0.39, 0.29) is 11.9 Å². The molecule has 0 aliphatic carbocycles. The molecular weight excluding hydrogens is 246 g/mol. The highest BCUT2D eigenvalue weighted by atomic mass is 32.2. The number of aliphatic hydroxyl groups is 1. The van der Waals surface area contributed by atoms with E-state index in [9.17, 15) is 9.90 Å². The van der Waals surface area contributed by atoms with E-state index >= 15 is 0 Å². The fraction of sp³-hybridized carbons (Fsp3) is 0.500. The van der Waals surface area contributed by atoms with E-state index in [1.54, 1.807) is 18.7 Å². The summed E-state index contributed by atoms with van der Waals surface area (Å²) in [6.45, 7) is 5.66. The van der Waals surface area contributed by atoms with Gasteiger partial charge >= 0.3 is 0 Å². The van der Waals surface area contributed by atoms with E-state index in [4.69, 9.17) is 0 Å². The Hall–Kier alpha value is -1.00.